The summed E-state index contributed by atoms with van der Waals surface area (Å²) in [5.74, 6) is 0.817. The van der Waals surface area contributed by atoms with Crippen LogP contribution in [0.4, 0.5) is 5.69 Å². The minimum Gasteiger partial charge on any atom is -0.370 e. The number of likely N-dealkylation sites (N-methyl/N-ethyl adjacent to an activating group) is 1. The summed E-state index contributed by atoms with van der Waals surface area (Å²) in [6, 6.07) is 17.3. The van der Waals surface area contributed by atoms with E-state index < -0.39 is 0 Å². The molecule has 0 aliphatic carbocycles. The van der Waals surface area contributed by atoms with Crippen LogP contribution in [-0.4, -0.2) is 42.2 Å². The van der Waals surface area contributed by atoms with Crippen molar-refractivity contribution in [3.63, 3.8) is 0 Å². The topological polar surface area (TPSA) is 57.5 Å². The van der Waals surface area contributed by atoms with Crippen LogP contribution in [0, 0.1) is 6.92 Å². The quantitative estimate of drug-likeness (QED) is 0.424. The third kappa shape index (κ3) is 6.37. The zero-order valence-electron chi connectivity index (χ0n) is 18.2. The molecule has 1 aromatic heterocycles. The Balaban J connectivity index is 1.44. The standard InChI is InChI=1S/C24H32N6/c1-4-30(23-7-5-6-20(2)16-23)15-13-27-24(25-3)28-17-21-8-10-22(11-9-21)18-29-14-12-26-19-29/h5-12,14,16,19H,4,13,15,17-18H2,1-3H3,(H2,25,27,28). The molecule has 0 saturated carbocycles. The van der Waals surface area contributed by atoms with Crippen LogP contribution in [0.25, 0.3) is 0 Å². The lowest BCUT2D eigenvalue weighted by Crippen LogP contribution is -2.41. The second-order valence-electron chi connectivity index (χ2n) is 7.32. The molecular weight excluding hydrogens is 372 g/mol. The molecule has 2 aromatic carbocycles. The number of benzene rings is 2. The molecule has 0 unspecified atom stereocenters. The van der Waals surface area contributed by atoms with Gasteiger partial charge in [0.15, 0.2) is 5.96 Å². The summed E-state index contributed by atoms with van der Waals surface area (Å²) >= 11 is 0. The summed E-state index contributed by atoms with van der Waals surface area (Å²) in [7, 11) is 1.81. The zero-order valence-corrected chi connectivity index (χ0v) is 18.2. The minimum absolute atomic E-state index is 0.737. The Morgan fingerprint density at radius 3 is 2.57 bits per heavy atom. The van der Waals surface area contributed by atoms with Crippen LogP contribution < -0.4 is 15.5 Å². The normalized spacial score (nSPS) is 11.4. The van der Waals surface area contributed by atoms with Gasteiger partial charge in [0.25, 0.3) is 0 Å². The van der Waals surface area contributed by atoms with Gasteiger partial charge in [-0.1, -0.05) is 36.4 Å². The molecular formula is C24H32N6. The molecule has 2 N–H and O–H groups in total. The number of guanidine groups is 1. The van der Waals surface area contributed by atoms with Crippen LogP contribution in [0.1, 0.15) is 23.6 Å². The Hall–Kier alpha value is -3.28. The van der Waals surface area contributed by atoms with E-state index in [1.807, 2.05) is 19.6 Å². The molecule has 0 aliphatic heterocycles. The van der Waals surface area contributed by atoms with Crippen LogP contribution in [0.3, 0.4) is 0 Å². The lowest BCUT2D eigenvalue weighted by atomic mass is 10.1. The van der Waals surface area contributed by atoms with Crippen molar-refractivity contribution < 1.29 is 0 Å². The smallest absolute Gasteiger partial charge is 0.191 e. The first-order valence-corrected chi connectivity index (χ1v) is 10.5. The fraction of sp³-hybridized carbons (Fsp3) is 0.333. The molecule has 158 valence electrons. The Bertz CT molecular complexity index is 915. The maximum atomic E-state index is 4.35. The van der Waals surface area contributed by atoms with Gasteiger partial charge in [-0.3, -0.25) is 4.99 Å². The van der Waals surface area contributed by atoms with Crippen molar-refractivity contribution in [3.8, 4) is 0 Å². The van der Waals surface area contributed by atoms with Crippen LogP contribution >= 0.6 is 0 Å². The first-order chi connectivity index (χ1) is 14.7. The number of nitrogens with one attached hydrogen (secondary N) is 2. The summed E-state index contributed by atoms with van der Waals surface area (Å²) in [5.41, 5.74) is 5.03. The second kappa shape index (κ2) is 11.0. The number of rotatable bonds is 9. The van der Waals surface area contributed by atoms with E-state index >= 15 is 0 Å². The van der Waals surface area contributed by atoms with Crippen molar-refractivity contribution in [1.29, 1.82) is 0 Å². The van der Waals surface area contributed by atoms with Crippen molar-refractivity contribution in [2.45, 2.75) is 26.9 Å². The number of imidazole rings is 1. The van der Waals surface area contributed by atoms with E-state index in [2.05, 4.69) is 92.5 Å². The molecule has 1 heterocycles. The van der Waals surface area contributed by atoms with E-state index in [1.54, 1.807) is 6.20 Å². The summed E-state index contributed by atoms with van der Waals surface area (Å²) in [6.07, 6.45) is 5.62. The molecule has 6 nitrogen and oxygen atoms in total. The summed E-state index contributed by atoms with van der Waals surface area (Å²) in [5, 5.41) is 6.81. The number of aryl methyl sites for hydroxylation is 1. The Kier molecular flexibility index (Phi) is 7.89. The molecule has 3 rings (SSSR count). The highest BCUT2D eigenvalue weighted by atomic mass is 15.2. The maximum absolute atomic E-state index is 4.35. The predicted octanol–water partition coefficient (Wildman–Crippen LogP) is 3.43. The molecule has 0 atom stereocenters. The molecule has 30 heavy (non-hydrogen) atoms. The number of aliphatic imine (C=N–C) groups is 1. The van der Waals surface area contributed by atoms with Gasteiger partial charge in [0.2, 0.25) is 0 Å². The van der Waals surface area contributed by atoms with Crippen molar-refractivity contribution in [2.75, 3.05) is 31.6 Å². The van der Waals surface area contributed by atoms with Gasteiger partial charge >= 0.3 is 0 Å². The fourth-order valence-electron chi connectivity index (χ4n) is 3.36. The number of hydrogen-bond donors (Lipinski definition) is 2. The molecule has 0 amide bonds. The van der Waals surface area contributed by atoms with Crippen molar-refractivity contribution >= 4 is 11.6 Å². The van der Waals surface area contributed by atoms with Crippen LogP contribution in [0.2, 0.25) is 0 Å². The number of nitrogens with zero attached hydrogens (tertiary/aromatic N) is 4. The fourth-order valence-corrected chi connectivity index (χ4v) is 3.36. The summed E-state index contributed by atoms with van der Waals surface area (Å²) in [4.78, 5) is 10.8. The van der Waals surface area contributed by atoms with Crippen molar-refractivity contribution in [2.24, 2.45) is 4.99 Å². The average molecular weight is 405 g/mol. The predicted molar refractivity (Wildman–Crippen MR) is 125 cm³/mol. The summed E-state index contributed by atoms with van der Waals surface area (Å²) < 4.78 is 2.06. The molecule has 3 aromatic rings. The van der Waals surface area contributed by atoms with Crippen LogP contribution in [-0.2, 0) is 13.1 Å². The molecule has 6 heteroatoms. The third-order valence-corrected chi connectivity index (χ3v) is 5.05. The highest BCUT2D eigenvalue weighted by Crippen LogP contribution is 2.15. The van der Waals surface area contributed by atoms with Gasteiger partial charge in [-0.25, -0.2) is 4.98 Å². The van der Waals surface area contributed by atoms with Gasteiger partial charge in [-0.2, -0.15) is 0 Å². The Morgan fingerprint density at radius 1 is 1.10 bits per heavy atom. The molecule has 0 bridgehead atoms. The Morgan fingerprint density at radius 2 is 1.90 bits per heavy atom. The van der Waals surface area contributed by atoms with E-state index in [0.717, 1.165) is 38.7 Å². The number of anilines is 1. The highest BCUT2D eigenvalue weighted by Gasteiger charge is 2.05. The second-order valence-corrected chi connectivity index (χ2v) is 7.32. The van der Waals surface area contributed by atoms with Gasteiger partial charge in [0.1, 0.15) is 0 Å². The molecule has 0 radical (unpaired) electrons. The Labute approximate surface area is 179 Å². The first-order valence-electron chi connectivity index (χ1n) is 10.5. The summed E-state index contributed by atoms with van der Waals surface area (Å²) in [6.45, 7) is 8.61. The molecule has 0 fully saturated rings. The SMILES string of the molecule is CCN(CCNC(=NC)NCc1ccc(Cn2ccnc2)cc1)c1cccc(C)c1. The lowest BCUT2D eigenvalue weighted by Gasteiger charge is -2.24. The van der Waals surface area contributed by atoms with Gasteiger partial charge in [0, 0.05) is 57.9 Å². The van der Waals surface area contributed by atoms with Crippen LogP contribution in [0.15, 0.2) is 72.2 Å². The van der Waals surface area contributed by atoms with Crippen molar-refractivity contribution in [1.82, 2.24) is 20.2 Å². The first kappa shape index (κ1) is 21.4. The third-order valence-electron chi connectivity index (χ3n) is 5.05. The minimum atomic E-state index is 0.737. The molecule has 0 spiro atoms. The van der Waals surface area contributed by atoms with E-state index in [0.29, 0.717) is 0 Å². The molecule has 0 aliphatic rings. The van der Waals surface area contributed by atoms with Gasteiger partial charge in [-0.15, -0.1) is 0 Å². The number of aromatic nitrogens is 2. The van der Waals surface area contributed by atoms with Gasteiger partial charge in [-0.05, 0) is 42.7 Å². The van der Waals surface area contributed by atoms with E-state index in [1.165, 1.54) is 22.4 Å². The maximum Gasteiger partial charge on any atom is 0.191 e. The lowest BCUT2D eigenvalue weighted by molar-refractivity contribution is 0.749. The average Bonchev–Trinajstić information content (AvgIpc) is 3.27. The van der Waals surface area contributed by atoms with Crippen molar-refractivity contribution in [3.05, 3.63) is 83.9 Å². The van der Waals surface area contributed by atoms with Gasteiger partial charge < -0.3 is 20.1 Å². The van der Waals surface area contributed by atoms with Crippen LogP contribution in [0.5, 0.6) is 0 Å². The van der Waals surface area contributed by atoms with Gasteiger partial charge in [0.05, 0.1) is 6.33 Å². The highest BCUT2D eigenvalue weighted by molar-refractivity contribution is 5.79. The number of hydrogen-bond acceptors (Lipinski definition) is 3. The monoisotopic (exact) mass is 404 g/mol. The molecule has 0 saturated heterocycles. The van der Waals surface area contributed by atoms with E-state index in [9.17, 15) is 0 Å². The van der Waals surface area contributed by atoms with E-state index in [4.69, 9.17) is 0 Å². The van der Waals surface area contributed by atoms with E-state index in [-0.39, 0.29) is 0 Å². The zero-order chi connectivity index (χ0) is 21.2. The largest absolute Gasteiger partial charge is 0.370 e.